The second kappa shape index (κ2) is 9.56. The van der Waals surface area contributed by atoms with Crippen LogP contribution in [0.4, 0.5) is 11.6 Å². The van der Waals surface area contributed by atoms with E-state index in [0.717, 1.165) is 23.5 Å². The van der Waals surface area contributed by atoms with Crippen molar-refractivity contribution in [1.82, 2.24) is 48.6 Å². The fourth-order valence-electron chi connectivity index (χ4n) is 2.20. The lowest BCUT2D eigenvalue weighted by atomic mass is 10.8. The molecular weight excluding hydrogens is 464 g/mol. The number of hydrogen-bond donors (Lipinski definition) is 0. The van der Waals surface area contributed by atoms with Gasteiger partial charge in [-0.1, -0.05) is 0 Å². The second-order valence-corrected chi connectivity index (χ2v) is 8.05. The van der Waals surface area contributed by atoms with Crippen molar-refractivity contribution in [3.8, 4) is 0 Å². The number of hydrogen-bond acceptors (Lipinski definition) is 12. The summed E-state index contributed by atoms with van der Waals surface area (Å²) in [7, 11) is 6.92. The SMILES string of the molecule is Cn1cnnc1Sc1c([N+](=O)[O-])ncn1C.Cn1cnnc1Sc1c([N+](=O)[O-])ncn1C. The van der Waals surface area contributed by atoms with Gasteiger partial charge in [-0.05, 0) is 43.3 Å². The molecule has 0 aromatic carbocycles. The second-order valence-electron chi connectivity index (χ2n) is 6.14. The first-order chi connectivity index (χ1) is 15.2. The lowest BCUT2D eigenvalue weighted by molar-refractivity contribution is -0.392. The van der Waals surface area contributed by atoms with Gasteiger partial charge in [-0.3, -0.25) is 0 Å². The van der Waals surface area contributed by atoms with Crippen LogP contribution in [-0.2, 0) is 28.2 Å². The van der Waals surface area contributed by atoms with Crippen molar-refractivity contribution in [2.45, 2.75) is 20.4 Å². The van der Waals surface area contributed by atoms with Crippen molar-refractivity contribution in [3.05, 3.63) is 45.5 Å². The third-order valence-corrected chi connectivity index (χ3v) is 6.22. The molecule has 0 saturated heterocycles. The molecule has 168 valence electrons. The van der Waals surface area contributed by atoms with E-state index >= 15 is 0 Å². The van der Waals surface area contributed by atoms with Gasteiger partial charge in [-0.15, -0.1) is 20.4 Å². The van der Waals surface area contributed by atoms with Crippen molar-refractivity contribution in [1.29, 1.82) is 0 Å². The topological polar surface area (TPSA) is 183 Å². The summed E-state index contributed by atoms with van der Waals surface area (Å²) in [6.45, 7) is 0. The zero-order chi connectivity index (χ0) is 23.4. The molecular formula is C14H16N12O4S2. The van der Waals surface area contributed by atoms with Gasteiger partial charge < -0.3 is 38.5 Å². The Labute approximate surface area is 188 Å². The van der Waals surface area contributed by atoms with Crippen LogP contribution in [0, 0.1) is 20.2 Å². The van der Waals surface area contributed by atoms with Gasteiger partial charge in [0.05, 0.1) is 0 Å². The highest BCUT2D eigenvalue weighted by Crippen LogP contribution is 2.32. The lowest BCUT2D eigenvalue weighted by Crippen LogP contribution is -1.96. The van der Waals surface area contributed by atoms with Crippen LogP contribution in [0.25, 0.3) is 0 Å². The molecule has 0 N–H and O–H groups in total. The summed E-state index contributed by atoms with van der Waals surface area (Å²) in [5, 5.41) is 38.5. The average molecular weight is 480 g/mol. The van der Waals surface area contributed by atoms with Crippen molar-refractivity contribution < 1.29 is 9.85 Å². The van der Waals surface area contributed by atoms with Crippen LogP contribution in [0.5, 0.6) is 0 Å². The number of nitro groups is 2. The number of aryl methyl sites for hydroxylation is 4. The molecule has 0 fully saturated rings. The highest BCUT2D eigenvalue weighted by Gasteiger charge is 2.23. The summed E-state index contributed by atoms with van der Waals surface area (Å²) in [5.41, 5.74) is 0. The fraction of sp³-hybridized carbons (Fsp3) is 0.286. The Balaban J connectivity index is 0.000000181. The molecule has 0 aliphatic carbocycles. The van der Waals surface area contributed by atoms with Crippen molar-refractivity contribution >= 4 is 35.2 Å². The molecule has 0 saturated carbocycles. The third-order valence-electron chi connectivity index (χ3n) is 3.79. The lowest BCUT2D eigenvalue weighted by Gasteiger charge is -2.00. The van der Waals surface area contributed by atoms with E-state index in [2.05, 4.69) is 30.4 Å². The van der Waals surface area contributed by atoms with Gasteiger partial charge in [0.2, 0.25) is 12.7 Å². The number of rotatable bonds is 6. The van der Waals surface area contributed by atoms with E-state index in [1.165, 1.54) is 25.3 Å². The van der Waals surface area contributed by atoms with Crippen LogP contribution >= 0.6 is 23.5 Å². The largest absolute Gasteiger partial charge is 0.396 e. The Bertz CT molecular complexity index is 1160. The first-order valence-electron chi connectivity index (χ1n) is 8.54. The maximum absolute atomic E-state index is 10.7. The monoisotopic (exact) mass is 480 g/mol. The zero-order valence-electron chi connectivity index (χ0n) is 17.1. The Morgan fingerprint density at radius 2 is 1.06 bits per heavy atom. The van der Waals surface area contributed by atoms with E-state index in [1.807, 2.05) is 0 Å². The van der Waals surface area contributed by atoms with E-state index in [4.69, 9.17) is 0 Å². The Hall–Kier alpha value is -3.80. The minimum Gasteiger partial charge on any atom is -0.358 e. The van der Waals surface area contributed by atoms with Crippen molar-refractivity contribution in [3.63, 3.8) is 0 Å². The van der Waals surface area contributed by atoms with Gasteiger partial charge in [0.15, 0.2) is 20.4 Å². The quantitative estimate of drug-likeness (QED) is 0.284. The molecule has 4 rings (SSSR count). The Morgan fingerprint density at radius 1 is 0.688 bits per heavy atom. The highest BCUT2D eigenvalue weighted by molar-refractivity contribution is 7.99. The normalized spacial score (nSPS) is 10.6. The van der Waals surface area contributed by atoms with E-state index in [1.54, 1.807) is 46.5 Å². The van der Waals surface area contributed by atoms with Gasteiger partial charge in [0.1, 0.15) is 12.7 Å². The molecule has 4 heterocycles. The van der Waals surface area contributed by atoms with Gasteiger partial charge in [-0.2, -0.15) is 0 Å². The van der Waals surface area contributed by atoms with E-state index in [0.29, 0.717) is 20.4 Å². The molecule has 18 heteroatoms. The van der Waals surface area contributed by atoms with Gasteiger partial charge in [0, 0.05) is 28.2 Å². The highest BCUT2D eigenvalue weighted by atomic mass is 32.2. The number of imidazole rings is 2. The van der Waals surface area contributed by atoms with Crippen molar-refractivity contribution in [2.75, 3.05) is 0 Å². The van der Waals surface area contributed by atoms with Crippen LogP contribution in [-0.4, -0.2) is 58.5 Å². The summed E-state index contributed by atoms with van der Waals surface area (Å²) in [4.78, 5) is 27.8. The summed E-state index contributed by atoms with van der Waals surface area (Å²) in [6, 6.07) is 0. The number of nitrogens with zero attached hydrogens (tertiary/aromatic N) is 12. The fourth-order valence-corrected chi connectivity index (χ4v) is 3.93. The molecule has 0 unspecified atom stereocenters. The summed E-state index contributed by atoms with van der Waals surface area (Å²) >= 11 is 2.31. The molecule has 32 heavy (non-hydrogen) atoms. The van der Waals surface area contributed by atoms with Gasteiger partial charge in [0.25, 0.3) is 0 Å². The molecule has 4 aromatic heterocycles. The van der Waals surface area contributed by atoms with Crippen LogP contribution in [0.3, 0.4) is 0 Å². The molecule has 0 atom stereocenters. The Morgan fingerprint density at radius 3 is 1.34 bits per heavy atom. The molecule has 0 aliphatic rings. The summed E-state index contributed by atoms with van der Waals surface area (Å²) in [6.07, 6.45) is 5.86. The predicted molar refractivity (Wildman–Crippen MR) is 110 cm³/mol. The van der Waals surface area contributed by atoms with E-state index in [-0.39, 0.29) is 11.6 Å². The predicted octanol–water partition coefficient (Wildman–Crippen LogP) is 1.22. The maximum atomic E-state index is 10.7. The smallest absolute Gasteiger partial charge is 0.358 e. The standard InChI is InChI=1S/2C7H8N6O2S/c2*1-11-3-8-5(13(14)15)6(11)16-7-10-9-4-12(7)2/h2*3-4H,1-2H3. The first-order valence-corrected chi connectivity index (χ1v) is 10.2. The zero-order valence-corrected chi connectivity index (χ0v) is 18.8. The van der Waals surface area contributed by atoms with E-state index in [9.17, 15) is 20.2 Å². The maximum Gasteiger partial charge on any atom is 0.396 e. The number of aromatic nitrogens is 10. The van der Waals surface area contributed by atoms with Crippen LogP contribution < -0.4 is 0 Å². The summed E-state index contributed by atoms with van der Waals surface area (Å²) < 4.78 is 6.53. The average Bonchev–Trinajstić information content (AvgIpc) is 3.49. The van der Waals surface area contributed by atoms with E-state index < -0.39 is 9.85 Å². The molecule has 16 nitrogen and oxygen atoms in total. The van der Waals surface area contributed by atoms with Crippen LogP contribution in [0.2, 0.25) is 0 Å². The summed E-state index contributed by atoms with van der Waals surface area (Å²) in [5.74, 6) is -0.342. The minimum atomic E-state index is -0.515. The minimum absolute atomic E-state index is 0.171. The molecule has 0 aliphatic heterocycles. The Kier molecular flexibility index (Phi) is 6.83. The van der Waals surface area contributed by atoms with Crippen molar-refractivity contribution in [2.24, 2.45) is 28.2 Å². The molecule has 0 bridgehead atoms. The first kappa shape index (κ1) is 22.9. The molecule has 0 amide bonds. The molecule has 0 spiro atoms. The van der Waals surface area contributed by atoms with Gasteiger partial charge >= 0.3 is 11.6 Å². The molecule has 4 aromatic rings. The van der Waals surface area contributed by atoms with Crippen LogP contribution in [0.1, 0.15) is 0 Å². The van der Waals surface area contributed by atoms with Gasteiger partial charge in [-0.25, -0.2) is 0 Å². The van der Waals surface area contributed by atoms with Crippen LogP contribution in [0.15, 0.2) is 45.7 Å². The third kappa shape index (κ3) is 4.91. The molecule has 0 radical (unpaired) electrons.